The van der Waals surface area contributed by atoms with Gasteiger partial charge in [-0.3, -0.25) is 0 Å². The van der Waals surface area contributed by atoms with Crippen molar-refractivity contribution in [3.8, 4) is 0 Å². The van der Waals surface area contributed by atoms with Crippen LogP contribution in [0.4, 0.5) is 11.5 Å². The maximum Gasteiger partial charge on any atom is 0.183 e. The molecule has 0 spiro atoms. The third-order valence-electron chi connectivity index (χ3n) is 3.34. The maximum absolute atomic E-state index is 5.52. The van der Waals surface area contributed by atoms with Crippen molar-refractivity contribution in [1.82, 2.24) is 4.98 Å². The predicted molar refractivity (Wildman–Crippen MR) is 87.1 cm³/mol. The highest BCUT2D eigenvalue weighted by Crippen LogP contribution is 2.27. The molecule has 0 saturated carbocycles. The van der Waals surface area contributed by atoms with Crippen LogP contribution in [0.5, 0.6) is 0 Å². The Hall–Kier alpha value is -1.01. The summed E-state index contributed by atoms with van der Waals surface area (Å²) in [4.78, 5) is 6.83. The van der Waals surface area contributed by atoms with E-state index in [2.05, 4.69) is 59.2 Å². The molecule has 0 bridgehead atoms. The molecule has 0 aromatic carbocycles. The summed E-state index contributed by atoms with van der Waals surface area (Å²) in [6.45, 7) is 2.87. The molecule has 1 N–H and O–H groups in total. The second-order valence-electron chi connectivity index (χ2n) is 4.79. The van der Waals surface area contributed by atoms with Crippen molar-refractivity contribution >= 4 is 43.4 Å². The average molecular weight is 401 g/mol. The van der Waals surface area contributed by atoms with E-state index in [1.807, 2.05) is 12.3 Å². The van der Waals surface area contributed by atoms with Crippen LogP contribution < -0.4 is 10.2 Å². The summed E-state index contributed by atoms with van der Waals surface area (Å²) >= 11 is 6.73. The molecule has 0 atom stereocenters. The largest absolute Gasteiger partial charge is 0.451 e. The van der Waals surface area contributed by atoms with Crippen LogP contribution >= 0.6 is 31.9 Å². The monoisotopic (exact) mass is 399 g/mol. The quantitative estimate of drug-likeness (QED) is 0.825. The Labute approximate surface area is 134 Å². The number of halogens is 2. The van der Waals surface area contributed by atoms with Gasteiger partial charge >= 0.3 is 0 Å². The molecular weight excluding hydrogens is 386 g/mol. The summed E-state index contributed by atoms with van der Waals surface area (Å²) in [6, 6.07) is 6.08. The molecule has 1 saturated heterocycles. The van der Waals surface area contributed by atoms with E-state index < -0.39 is 0 Å². The van der Waals surface area contributed by atoms with Crippen molar-refractivity contribution in [1.29, 1.82) is 0 Å². The van der Waals surface area contributed by atoms with Crippen LogP contribution in [0.15, 0.2) is 38.0 Å². The van der Waals surface area contributed by atoms with Crippen LogP contribution in [0.25, 0.3) is 0 Å². The number of nitrogens with zero attached hydrogens (tertiary/aromatic N) is 2. The third kappa shape index (κ3) is 3.17. The summed E-state index contributed by atoms with van der Waals surface area (Å²) in [5.41, 5.74) is 0.997. The fourth-order valence-electron chi connectivity index (χ4n) is 2.29. The molecule has 1 aliphatic rings. The summed E-state index contributed by atoms with van der Waals surface area (Å²) in [7, 11) is 0. The van der Waals surface area contributed by atoms with Gasteiger partial charge in [-0.05, 0) is 62.9 Å². The number of hydrogen-bond acceptors (Lipinski definition) is 4. The Balaban J connectivity index is 1.60. The minimum Gasteiger partial charge on any atom is -0.451 e. The normalized spacial score (nSPS) is 14.8. The third-order valence-corrected chi connectivity index (χ3v) is 5.05. The second kappa shape index (κ2) is 6.18. The molecule has 4 nitrogen and oxygen atoms in total. The van der Waals surface area contributed by atoms with Crippen LogP contribution in [0.1, 0.15) is 18.6 Å². The van der Waals surface area contributed by atoms with Crippen LogP contribution in [0.2, 0.25) is 0 Å². The van der Waals surface area contributed by atoms with Crippen LogP contribution in [-0.2, 0) is 6.54 Å². The van der Waals surface area contributed by atoms with E-state index >= 15 is 0 Å². The fraction of sp³-hybridized carbons (Fsp3) is 0.357. The molecule has 0 amide bonds. The summed E-state index contributed by atoms with van der Waals surface area (Å²) in [5.74, 6) is 1.93. The Bertz CT molecular complexity index is 557. The number of furan rings is 1. The lowest BCUT2D eigenvalue weighted by atomic mass is 10.3. The first-order valence-corrected chi connectivity index (χ1v) is 8.19. The molecule has 0 aliphatic carbocycles. The molecule has 106 valence electrons. The van der Waals surface area contributed by atoms with Gasteiger partial charge in [-0.25, -0.2) is 4.98 Å². The standard InChI is InChI=1S/C14H15Br2N3O/c15-12-7-11(20-14(12)16)9-17-10-3-4-13(18-8-10)19-5-1-2-6-19/h3-4,7-8,17H,1-2,5-6,9H2. The van der Waals surface area contributed by atoms with Gasteiger partial charge in [0.25, 0.3) is 0 Å². The topological polar surface area (TPSA) is 41.3 Å². The van der Waals surface area contributed by atoms with E-state index in [4.69, 9.17) is 4.42 Å². The number of rotatable bonds is 4. The summed E-state index contributed by atoms with van der Waals surface area (Å²) < 4.78 is 7.17. The van der Waals surface area contributed by atoms with Gasteiger partial charge in [0.05, 0.1) is 22.9 Å². The van der Waals surface area contributed by atoms with Gasteiger partial charge in [0.15, 0.2) is 4.67 Å². The zero-order valence-electron chi connectivity index (χ0n) is 10.9. The van der Waals surface area contributed by atoms with Crippen molar-refractivity contribution in [2.24, 2.45) is 0 Å². The van der Waals surface area contributed by atoms with Crippen LogP contribution in [0.3, 0.4) is 0 Å². The SMILES string of the molecule is Brc1cc(CNc2ccc(N3CCCC3)nc2)oc1Br. The fourth-order valence-corrected chi connectivity index (χ4v) is 2.95. The van der Waals surface area contributed by atoms with E-state index in [9.17, 15) is 0 Å². The molecule has 0 unspecified atom stereocenters. The molecule has 1 aliphatic heterocycles. The predicted octanol–water partition coefficient (Wildman–Crippen LogP) is 4.41. The molecule has 1 fully saturated rings. The highest BCUT2D eigenvalue weighted by atomic mass is 79.9. The van der Waals surface area contributed by atoms with Gasteiger partial charge in [0.2, 0.25) is 0 Å². The molecular formula is C14H15Br2N3O. The smallest absolute Gasteiger partial charge is 0.183 e. The van der Waals surface area contributed by atoms with Crippen molar-refractivity contribution in [2.45, 2.75) is 19.4 Å². The zero-order chi connectivity index (χ0) is 13.9. The van der Waals surface area contributed by atoms with E-state index in [0.29, 0.717) is 6.54 Å². The lowest BCUT2D eigenvalue weighted by molar-refractivity contribution is 0.494. The van der Waals surface area contributed by atoms with Gasteiger partial charge < -0.3 is 14.6 Å². The summed E-state index contributed by atoms with van der Waals surface area (Å²) in [5, 5.41) is 3.30. The molecule has 3 rings (SSSR count). The molecule has 3 heterocycles. The Morgan fingerprint density at radius 3 is 2.65 bits per heavy atom. The van der Waals surface area contributed by atoms with E-state index in [0.717, 1.165) is 39.5 Å². The van der Waals surface area contributed by atoms with Gasteiger partial charge in [-0.1, -0.05) is 0 Å². The van der Waals surface area contributed by atoms with E-state index in [1.54, 1.807) is 0 Å². The van der Waals surface area contributed by atoms with Crippen molar-refractivity contribution in [2.75, 3.05) is 23.3 Å². The van der Waals surface area contributed by atoms with Gasteiger partial charge in [0.1, 0.15) is 11.6 Å². The Morgan fingerprint density at radius 1 is 1.25 bits per heavy atom. The highest BCUT2D eigenvalue weighted by molar-refractivity contribution is 9.13. The van der Waals surface area contributed by atoms with Crippen molar-refractivity contribution in [3.05, 3.63) is 39.3 Å². The molecule has 6 heteroatoms. The first-order valence-electron chi connectivity index (χ1n) is 6.61. The van der Waals surface area contributed by atoms with E-state index in [-0.39, 0.29) is 0 Å². The molecule has 20 heavy (non-hydrogen) atoms. The van der Waals surface area contributed by atoms with Gasteiger partial charge in [-0.15, -0.1) is 0 Å². The molecule has 2 aromatic rings. The lowest BCUT2D eigenvalue weighted by Gasteiger charge is -2.16. The van der Waals surface area contributed by atoms with Crippen LogP contribution in [-0.4, -0.2) is 18.1 Å². The van der Waals surface area contributed by atoms with Crippen LogP contribution in [0, 0.1) is 0 Å². The first-order chi connectivity index (χ1) is 9.72. The lowest BCUT2D eigenvalue weighted by Crippen LogP contribution is -2.18. The Kier molecular flexibility index (Phi) is 4.31. The number of hydrogen-bond donors (Lipinski definition) is 1. The number of anilines is 2. The number of pyridine rings is 1. The second-order valence-corrected chi connectivity index (χ2v) is 6.36. The highest BCUT2D eigenvalue weighted by Gasteiger charge is 2.13. The zero-order valence-corrected chi connectivity index (χ0v) is 14.1. The molecule has 2 aromatic heterocycles. The number of nitrogens with one attached hydrogen (secondary N) is 1. The maximum atomic E-state index is 5.52. The number of aromatic nitrogens is 1. The van der Waals surface area contributed by atoms with Gasteiger partial charge in [0, 0.05) is 13.1 Å². The average Bonchev–Trinajstić information content (AvgIpc) is 3.08. The molecule has 0 radical (unpaired) electrons. The Morgan fingerprint density at radius 2 is 2.05 bits per heavy atom. The minimum absolute atomic E-state index is 0.634. The summed E-state index contributed by atoms with van der Waals surface area (Å²) in [6.07, 6.45) is 4.41. The minimum atomic E-state index is 0.634. The van der Waals surface area contributed by atoms with Gasteiger partial charge in [-0.2, -0.15) is 0 Å². The first kappa shape index (κ1) is 13.9. The van der Waals surface area contributed by atoms with Crippen molar-refractivity contribution < 1.29 is 4.42 Å². The van der Waals surface area contributed by atoms with E-state index in [1.165, 1.54) is 12.8 Å². The van der Waals surface area contributed by atoms with Crippen molar-refractivity contribution in [3.63, 3.8) is 0 Å².